The number of nitrogen functional groups attached to an aromatic ring is 3. The summed E-state index contributed by atoms with van der Waals surface area (Å²) in [4.78, 5) is 110. The molecule has 30 heteroatoms. The van der Waals surface area contributed by atoms with Crippen molar-refractivity contribution in [1.29, 1.82) is 0 Å². The molecule has 0 spiro atoms. The Bertz CT molecular complexity index is 4920. The quantitative estimate of drug-likeness (QED) is 0.0193. The number of nitrogens with one attached hydrogen (secondary N) is 3. The molecule has 0 aliphatic carbocycles. The zero-order chi connectivity index (χ0) is 88.3. The maximum absolute atomic E-state index is 12.6. The minimum atomic E-state index is 0.104. The van der Waals surface area contributed by atoms with Gasteiger partial charge in [0.05, 0.1) is 69.0 Å². The molecule has 30 nitrogen and oxygen atoms in total. The van der Waals surface area contributed by atoms with Crippen molar-refractivity contribution in [2.24, 2.45) is 0 Å². The van der Waals surface area contributed by atoms with E-state index in [2.05, 4.69) is 189 Å². The second-order valence-corrected chi connectivity index (χ2v) is 33.3. The van der Waals surface area contributed by atoms with Gasteiger partial charge in [0.15, 0.2) is 17.5 Å². The molecule has 3 aromatic carbocycles. The Morgan fingerprint density at radius 2 is 0.629 bits per heavy atom. The lowest BCUT2D eigenvalue weighted by Gasteiger charge is -2.35. The number of anilines is 6. The van der Waals surface area contributed by atoms with Gasteiger partial charge >= 0.3 is 0 Å². The molecule has 9 N–H and O–H groups in total. The van der Waals surface area contributed by atoms with E-state index in [0.29, 0.717) is 84.6 Å². The highest BCUT2D eigenvalue weighted by atomic mass is 16.5. The Kier molecular flexibility index (Phi) is 38.5. The normalized spacial score (nSPS) is 14.1. The van der Waals surface area contributed by atoms with Crippen LogP contribution in [0.15, 0.2) is 91.4 Å². The number of ether oxygens (including phenoxy) is 3. The summed E-state index contributed by atoms with van der Waals surface area (Å²) in [5.41, 5.74) is 34.8. The van der Waals surface area contributed by atoms with E-state index < -0.39 is 0 Å². The number of aryl methyl sites for hydroxylation is 3. The molecular weight excluding hydrogens is 1570 g/mol. The van der Waals surface area contributed by atoms with E-state index in [-0.39, 0.29) is 52.9 Å². The van der Waals surface area contributed by atoms with Gasteiger partial charge < -0.3 is 80.6 Å². The highest BCUT2D eigenvalue weighted by molar-refractivity contribution is 5.90. The van der Waals surface area contributed by atoms with E-state index in [9.17, 15) is 28.8 Å². The van der Waals surface area contributed by atoms with Crippen LogP contribution in [0, 0.1) is 20.8 Å². The number of nitrogens with two attached hydrogens (primary N) is 3. The molecule has 0 atom stereocenters. The van der Waals surface area contributed by atoms with Crippen molar-refractivity contribution < 1.29 is 43.0 Å². The van der Waals surface area contributed by atoms with Gasteiger partial charge in [0, 0.05) is 182 Å². The number of nitrogens with zero attached hydrogens (tertiary/aromatic N) is 15. The number of carbonyl (C=O) groups excluding carboxylic acids is 6. The van der Waals surface area contributed by atoms with Gasteiger partial charge in [0.2, 0.25) is 35.6 Å². The summed E-state index contributed by atoms with van der Waals surface area (Å²) >= 11 is 0. The number of aromatic nitrogens is 9. The molecule has 3 aliphatic heterocycles. The summed E-state index contributed by atoms with van der Waals surface area (Å²) in [6.45, 7) is 37.1. The molecule has 672 valence electrons. The minimum Gasteiger partial charge on any atom is -0.380 e. The summed E-state index contributed by atoms with van der Waals surface area (Å²) < 4.78 is 22.9. The fourth-order valence-electron chi connectivity index (χ4n) is 15.9. The number of Topliss-reactive ketones (excluding diaryl/α,β-unsaturated/α-hetero) is 3. The number of hydrogen-bond donors (Lipinski definition) is 6. The van der Waals surface area contributed by atoms with Gasteiger partial charge in [-0.05, 0) is 135 Å². The van der Waals surface area contributed by atoms with Crippen LogP contribution in [0.4, 0.5) is 35.3 Å². The zero-order valence-corrected chi connectivity index (χ0v) is 75.2. The van der Waals surface area contributed by atoms with Crippen LogP contribution in [0.1, 0.15) is 194 Å². The highest BCUT2D eigenvalue weighted by Crippen LogP contribution is 2.30. The van der Waals surface area contributed by atoms with E-state index in [1.807, 2.05) is 32.9 Å². The van der Waals surface area contributed by atoms with Gasteiger partial charge in [-0.3, -0.25) is 38.7 Å². The first-order valence-corrected chi connectivity index (χ1v) is 45.1. The molecule has 9 heterocycles. The van der Waals surface area contributed by atoms with Crippen molar-refractivity contribution in [3.8, 4) is 0 Å². The highest BCUT2D eigenvalue weighted by Gasteiger charge is 2.26. The molecule has 3 aliphatic rings. The molecule has 6 aromatic heterocycles. The van der Waals surface area contributed by atoms with Crippen LogP contribution in [-0.4, -0.2) is 246 Å². The van der Waals surface area contributed by atoms with Gasteiger partial charge in [0.25, 0.3) is 0 Å². The number of benzene rings is 3. The third kappa shape index (κ3) is 30.1. The van der Waals surface area contributed by atoms with Gasteiger partial charge in [-0.15, -0.1) is 0 Å². The van der Waals surface area contributed by atoms with E-state index >= 15 is 0 Å². The number of fused-ring (bicyclic) bond motifs is 3. The fourth-order valence-corrected chi connectivity index (χ4v) is 15.9. The van der Waals surface area contributed by atoms with Crippen molar-refractivity contribution in [1.82, 2.24) is 73.0 Å². The van der Waals surface area contributed by atoms with Crippen molar-refractivity contribution in [2.75, 3.05) is 171 Å². The Balaban J connectivity index is 0.000000195. The van der Waals surface area contributed by atoms with Gasteiger partial charge in [-0.2, -0.15) is 15.0 Å². The van der Waals surface area contributed by atoms with Crippen LogP contribution in [0.2, 0.25) is 0 Å². The van der Waals surface area contributed by atoms with E-state index in [4.69, 9.17) is 31.4 Å². The molecule has 3 fully saturated rings. The maximum atomic E-state index is 12.6. The number of rotatable bonds is 46. The summed E-state index contributed by atoms with van der Waals surface area (Å²) in [5.74, 6) is 4.03. The molecular formula is C94H137N21O9. The predicted octanol–water partition coefficient (Wildman–Crippen LogP) is 12.4. The molecule has 0 bridgehead atoms. The van der Waals surface area contributed by atoms with Crippen LogP contribution in [-0.2, 0) is 82.2 Å². The lowest BCUT2D eigenvalue weighted by molar-refractivity contribution is -0.135. The molecule has 12 rings (SSSR count). The van der Waals surface area contributed by atoms with Crippen molar-refractivity contribution >= 4 is 103 Å². The van der Waals surface area contributed by atoms with E-state index in [1.54, 1.807) is 20.8 Å². The molecule has 0 saturated carbocycles. The number of amides is 3. The Morgan fingerprint density at radius 3 is 0.919 bits per heavy atom. The van der Waals surface area contributed by atoms with E-state index in [0.717, 1.165) is 207 Å². The standard InChI is InChI=1S/C33H49N7O4.C31H45N7O3.C30H43N7O2/c1-4-5-6-12-35-32-31-29(36-33(34)37-32)9-13-40(31)24-28-8-7-27(22-25(28)2)23-38-14-16-39(17-15-38)30(42)11-19-44-21-20-43-18-10-26(3)41;1-4-5-6-12-33-30-29-27(34-31(32)35-30)9-13-38(29)22-26-8-7-25(20-23(26)2)21-36-14-16-37(17-15-36)28(40)11-19-41-18-10-24(3)39;1-4-5-6-13-32-29-28-26(33-30(31)34-29)12-14-37(28)21-25-11-10-24(19-22(25)2)20-35-15-17-36(18-16-35)27(39)9-7-8-23(3)38/h7-9,13,22H,4-6,10-12,14-21,23-24H2,1-3H3,(H3,34,35,36,37);7-9,13,20H,4-6,10-12,14-19,21-22H2,1-3H3,(H3,32,33,34,35);10-12,14,19H,4-9,13,15-18,20-21H2,1-3H3,(H3,31,32,33,34). The van der Waals surface area contributed by atoms with Crippen LogP contribution < -0.4 is 33.2 Å². The first-order valence-electron chi connectivity index (χ1n) is 45.1. The fraction of sp³-hybridized carbons (Fsp3) is 0.553. The van der Waals surface area contributed by atoms with Crippen molar-refractivity contribution in [3.63, 3.8) is 0 Å². The second-order valence-electron chi connectivity index (χ2n) is 33.3. The average molecular weight is 1710 g/mol. The smallest absolute Gasteiger partial charge is 0.224 e. The minimum absolute atomic E-state index is 0.104. The molecule has 0 radical (unpaired) electrons. The number of piperazine rings is 3. The van der Waals surface area contributed by atoms with Crippen LogP contribution >= 0.6 is 0 Å². The van der Waals surface area contributed by atoms with Gasteiger partial charge in [-0.25, -0.2) is 15.0 Å². The molecule has 0 unspecified atom stereocenters. The van der Waals surface area contributed by atoms with Crippen molar-refractivity contribution in [3.05, 3.63) is 141 Å². The third-order valence-electron chi connectivity index (χ3n) is 23.1. The monoisotopic (exact) mass is 1700 g/mol. The number of carbonyl (C=O) groups is 6. The Morgan fingerprint density at radius 1 is 0.339 bits per heavy atom. The second kappa shape index (κ2) is 49.9. The summed E-state index contributed by atoms with van der Waals surface area (Å²) in [7, 11) is 0. The first kappa shape index (κ1) is 95.7. The Hall–Kier alpha value is -10.5. The summed E-state index contributed by atoms with van der Waals surface area (Å²) in [6.07, 6.45) is 19.7. The Labute approximate surface area is 732 Å². The molecule has 124 heavy (non-hydrogen) atoms. The van der Waals surface area contributed by atoms with Crippen LogP contribution in [0.25, 0.3) is 33.1 Å². The number of unbranched alkanes of at least 4 members (excludes halogenated alkanes) is 6. The van der Waals surface area contributed by atoms with Gasteiger partial charge in [-0.1, -0.05) is 114 Å². The third-order valence-corrected chi connectivity index (χ3v) is 23.1. The SMILES string of the molecule is CCCCCNc1nc(N)nc2ccn(Cc3ccc(CN4CCN(C(=O)CCCC(C)=O)CC4)cc3C)c12.CCCCCNc1nc(N)nc2ccn(Cc3ccc(CN4CCN(C(=O)CCOCCC(C)=O)CC4)cc3C)c12.CCCCCNc1nc(N)nc2ccn(Cc3ccc(CN4CCN(C(=O)CCOCCOCCC(C)=O)CC4)cc3C)c12. The molecule has 3 amide bonds. The predicted molar refractivity (Wildman–Crippen MR) is 493 cm³/mol. The largest absolute Gasteiger partial charge is 0.380 e. The van der Waals surface area contributed by atoms with Crippen LogP contribution in [0.5, 0.6) is 0 Å². The van der Waals surface area contributed by atoms with Gasteiger partial charge in [0.1, 0.15) is 33.9 Å². The van der Waals surface area contributed by atoms with Crippen molar-refractivity contribution in [2.45, 2.75) is 204 Å². The first-order chi connectivity index (χ1) is 60.0. The topological polar surface area (TPSA) is 356 Å². The van der Waals surface area contributed by atoms with Crippen LogP contribution in [0.3, 0.4) is 0 Å². The number of ketones is 3. The summed E-state index contributed by atoms with van der Waals surface area (Å²) in [5, 5.41) is 10.4. The van der Waals surface area contributed by atoms with E-state index in [1.165, 1.54) is 88.6 Å². The molecule has 9 aromatic rings. The summed E-state index contributed by atoms with van der Waals surface area (Å²) in [6, 6.07) is 26.1. The molecule has 3 saturated heterocycles. The average Bonchev–Trinajstić information content (AvgIpc) is 1.64. The lowest BCUT2D eigenvalue weighted by atomic mass is 10.0. The number of hydrogen-bond acceptors (Lipinski definition) is 24. The maximum Gasteiger partial charge on any atom is 0.224 e. The lowest BCUT2D eigenvalue weighted by Crippen LogP contribution is -2.48. The zero-order valence-electron chi connectivity index (χ0n) is 75.2.